The lowest BCUT2D eigenvalue weighted by Crippen LogP contribution is -1.97. The highest BCUT2D eigenvalue weighted by atomic mass is 15.0. The highest BCUT2D eigenvalue weighted by Crippen LogP contribution is 2.14. The van der Waals surface area contributed by atoms with E-state index < -0.39 is 0 Å². The Morgan fingerprint density at radius 2 is 1.88 bits per heavy atom. The molecular weight excluding hydrogens is 200 g/mol. The van der Waals surface area contributed by atoms with Crippen molar-refractivity contribution in [1.29, 1.82) is 0 Å². The fourth-order valence-electron chi connectivity index (χ4n) is 1.37. The Morgan fingerprint density at radius 3 is 2.44 bits per heavy atom. The zero-order valence-corrected chi connectivity index (χ0v) is 9.14. The van der Waals surface area contributed by atoms with Crippen LogP contribution in [0, 0.1) is 0 Å². The van der Waals surface area contributed by atoms with Gasteiger partial charge in [0.2, 0.25) is 0 Å². The first-order chi connectivity index (χ1) is 7.78. The molecule has 0 aliphatic carbocycles. The summed E-state index contributed by atoms with van der Waals surface area (Å²) in [6.45, 7) is 2.13. The number of nitrogens with two attached hydrogens (primary N) is 1. The maximum absolute atomic E-state index is 5.46. The van der Waals surface area contributed by atoms with Gasteiger partial charge in [0.15, 0.2) is 0 Å². The van der Waals surface area contributed by atoms with Gasteiger partial charge >= 0.3 is 0 Å². The van der Waals surface area contributed by atoms with E-state index in [1.54, 1.807) is 6.20 Å². The Bertz CT molecular complexity index is 447. The minimum absolute atomic E-state index is 0.423. The zero-order chi connectivity index (χ0) is 11.4. The van der Waals surface area contributed by atoms with E-state index in [2.05, 4.69) is 34.3 Å². The van der Waals surface area contributed by atoms with Crippen molar-refractivity contribution in [3.05, 3.63) is 42.2 Å². The van der Waals surface area contributed by atoms with Gasteiger partial charge in [0.25, 0.3) is 0 Å². The van der Waals surface area contributed by atoms with Gasteiger partial charge < -0.3 is 11.1 Å². The van der Waals surface area contributed by atoms with Gasteiger partial charge in [-0.05, 0) is 24.1 Å². The van der Waals surface area contributed by atoms with Crippen LogP contribution < -0.4 is 11.1 Å². The van der Waals surface area contributed by atoms with E-state index in [4.69, 9.17) is 5.73 Å². The summed E-state index contributed by atoms with van der Waals surface area (Å²) in [7, 11) is 0. The maximum Gasteiger partial charge on any atom is 0.149 e. The van der Waals surface area contributed by atoms with E-state index in [0.29, 0.717) is 11.6 Å². The topological polar surface area (TPSA) is 63.8 Å². The number of aromatic nitrogens is 2. The number of rotatable bonds is 3. The third kappa shape index (κ3) is 2.48. The molecule has 0 bridgehead atoms. The third-order valence-corrected chi connectivity index (χ3v) is 2.31. The van der Waals surface area contributed by atoms with E-state index in [0.717, 1.165) is 12.1 Å². The molecule has 4 heteroatoms. The fourth-order valence-corrected chi connectivity index (χ4v) is 1.37. The lowest BCUT2D eigenvalue weighted by molar-refractivity contribution is 1.14. The molecule has 0 radical (unpaired) electrons. The van der Waals surface area contributed by atoms with Gasteiger partial charge in [-0.25, -0.2) is 9.97 Å². The molecule has 2 aromatic rings. The van der Waals surface area contributed by atoms with E-state index in [9.17, 15) is 0 Å². The van der Waals surface area contributed by atoms with Crippen molar-refractivity contribution in [2.75, 3.05) is 11.1 Å². The minimum atomic E-state index is 0.423. The van der Waals surface area contributed by atoms with Crippen molar-refractivity contribution >= 4 is 17.3 Å². The average molecular weight is 214 g/mol. The molecular formula is C12H14N4. The molecule has 0 aliphatic rings. The number of nitrogens with zero attached hydrogens (tertiary/aromatic N) is 2. The van der Waals surface area contributed by atoms with Crippen molar-refractivity contribution < 1.29 is 0 Å². The molecule has 0 amide bonds. The van der Waals surface area contributed by atoms with Crippen LogP contribution in [0.3, 0.4) is 0 Å². The quantitative estimate of drug-likeness (QED) is 0.823. The summed E-state index contributed by atoms with van der Waals surface area (Å²) < 4.78 is 0. The Hall–Kier alpha value is -2.10. The fraction of sp³-hybridized carbons (Fsp3) is 0.167. The number of benzene rings is 1. The molecule has 0 atom stereocenters. The third-order valence-electron chi connectivity index (χ3n) is 2.31. The normalized spacial score (nSPS) is 10.1. The van der Waals surface area contributed by atoms with Crippen molar-refractivity contribution in [2.45, 2.75) is 13.3 Å². The Morgan fingerprint density at radius 1 is 1.12 bits per heavy atom. The molecule has 4 nitrogen and oxygen atoms in total. The Balaban J connectivity index is 2.11. The molecule has 0 saturated carbocycles. The van der Waals surface area contributed by atoms with Gasteiger partial charge in [-0.2, -0.15) is 0 Å². The van der Waals surface area contributed by atoms with E-state index in [-0.39, 0.29) is 0 Å². The van der Waals surface area contributed by atoms with Crippen molar-refractivity contribution in [2.24, 2.45) is 0 Å². The molecule has 0 saturated heterocycles. The monoisotopic (exact) mass is 214 g/mol. The molecule has 0 spiro atoms. The minimum Gasteiger partial charge on any atom is -0.382 e. The largest absolute Gasteiger partial charge is 0.382 e. The predicted octanol–water partition coefficient (Wildman–Crippen LogP) is 2.36. The van der Waals surface area contributed by atoms with Crippen LogP contribution in [0.1, 0.15) is 12.5 Å². The first-order valence-electron chi connectivity index (χ1n) is 5.21. The summed E-state index contributed by atoms with van der Waals surface area (Å²) in [5.74, 6) is 1.12. The molecule has 0 aliphatic heterocycles. The average Bonchev–Trinajstić information content (AvgIpc) is 2.33. The number of hydrogen-bond acceptors (Lipinski definition) is 4. The van der Waals surface area contributed by atoms with Crippen LogP contribution >= 0.6 is 0 Å². The molecule has 0 fully saturated rings. The number of hydrogen-bond donors (Lipinski definition) is 2. The second-order valence-corrected chi connectivity index (χ2v) is 3.50. The smallest absolute Gasteiger partial charge is 0.149 e. The van der Waals surface area contributed by atoms with Gasteiger partial charge in [-0.3, -0.25) is 0 Å². The van der Waals surface area contributed by atoms with Gasteiger partial charge in [0.1, 0.15) is 11.6 Å². The van der Waals surface area contributed by atoms with Crippen molar-refractivity contribution in [3.63, 3.8) is 0 Å². The van der Waals surface area contributed by atoms with E-state index in [1.165, 1.54) is 11.8 Å². The van der Waals surface area contributed by atoms with Crippen molar-refractivity contribution in [1.82, 2.24) is 9.97 Å². The number of aryl methyl sites for hydroxylation is 1. The van der Waals surface area contributed by atoms with Crippen LogP contribution in [0.4, 0.5) is 17.3 Å². The van der Waals surface area contributed by atoms with E-state index >= 15 is 0 Å². The van der Waals surface area contributed by atoms with Crippen molar-refractivity contribution in [3.8, 4) is 0 Å². The predicted molar refractivity (Wildman–Crippen MR) is 65.5 cm³/mol. The SMILES string of the molecule is CCc1ccc(Nc2cnc(N)cn2)cc1. The molecule has 3 N–H and O–H groups in total. The lowest BCUT2D eigenvalue weighted by Gasteiger charge is -2.05. The summed E-state index contributed by atoms with van der Waals surface area (Å²) in [6, 6.07) is 8.23. The van der Waals surface area contributed by atoms with Gasteiger partial charge in [0.05, 0.1) is 12.4 Å². The maximum atomic E-state index is 5.46. The summed E-state index contributed by atoms with van der Waals surface area (Å²) in [6.07, 6.45) is 4.19. The molecule has 1 aromatic carbocycles. The highest BCUT2D eigenvalue weighted by molar-refractivity contribution is 5.56. The van der Waals surface area contributed by atoms with Crippen LogP contribution in [-0.2, 0) is 6.42 Å². The second-order valence-electron chi connectivity index (χ2n) is 3.50. The highest BCUT2D eigenvalue weighted by Gasteiger charge is 1.96. The second kappa shape index (κ2) is 4.61. The van der Waals surface area contributed by atoms with Gasteiger partial charge in [-0.15, -0.1) is 0 Å². The molecule has 2 rings (SSSR count). The zero-order valence-electron chi connectivity index (χ0n) is 9.14. The summed E-state index contributed by atoms with van der Waals surface area (Å²) in [5, 5.41) is 3.15. The van der Waals surface area contributed by atoms with Crippen LogP contribution in [-0.4, -0.2) is 9.97 Å². The first-order valence-corrected chi connectivity index (χ1v) is 5.21. The molecule has 1 heterocycles. The molecule has 0 unspecified atom stereocenters. The van der Waals surface area contributed by atoms with Crippen LogP contribution in [0.15, 0.2) is 36.7 Å². The molecule has 16 heavy (non-hydrogen) atoms. The molecule has 82 valence electrons. The van der Waals surface area contributed by atoms with Crippen LogP contribution in [0.25, 0.3) is 0 Å². The summed E-state index contributed by atoms with van der Waals surface area (Å²) in [4.78, 5) is 8.08. The number of nitrogens with one attached hydrogen (secondary N) is 1. The van der Waals surface area contributed by atoms with Gasteiger partial charge in [0, 0.05) is 5.69 Å². The van der Waals surface area contributed by atoms with Crippen LogP contribution in [0.5, 0.6) is 0 Å². The number of nitrogen functional groups attached to an aromatic ring is 1. The number of anilines is 3. The van der Waals surface area contributed by atoms with Crippen LogP contribution in [0.2, 0.25) is 0 Å². The van der Waals surface area contributed by atoms with Gasteiger partial charge in [-0.1, -0.05) is 19.1 Å². The standard InChI is InChI=1S/C12H14N4/c1-2-9-3-5-10(6-4-9)16-12-8-14-11(13)7-15-12/h3-8H,2H2,1H3,(H2,13,14)(H,15,16). The molecule has 1 aromatic heterocycles. The summed E-state index contributed by atoms with van der Waals surface area (Å²) >= 11 is 0. The Labute approximate surface area is 94.5 Å². The Kier molecular flexibility index (Phi) is 3.00. The lowest BCUT2D eigenvalue weighted by atomic mass is 10.1. The summed E-state index contributed by atoms with van der Waals surface area (Å²) in [5.41, 5.74) is 7.77. The van der Waals surface area contributed by atoms with E-state index in [1.807, 2.05) is 12.1 Å². The first kappa shape index (κ1) is 10.4.